The fraction of sp³-hybridized carbons (Fsp3) is 0.250. The van der Waals surface area contributed by atoms with Gasteiger partial charge in [-0.05, 0) is 41.8 Å². The molecular formula is C16H17ClFNO. The summed E-state index contributed by atoms with van der Waals surface area (Å²) in [7, 11) is 0. The van der Waals surface area contributed by atoms with Crippen molar-refractivity contribution in [3.05, 3.63) is 70.0 Å². The van der Waals surface area contributed by atoms with Crippen LogP contribution in [0.5, 0.6) is 0 Å². The molecule has 0 aliphatic carbocycles. The molecule has 0 saturated heterocycles. The molecule has 0 aromatic heterocycles. The molecule has 2 aromatic carbocycles. The molecule has 0 heterocycles. The first-order chi connectivity index (χ1) is 9.52. The molecule has 0 aliphatic heterocycles. The zero-order valence-corrected chi connectivity index (χ0v) is 11.9. The highest BCUT2D eigenvalue weighted by Crippen LogP contribution is 2.32. The summed E-state index contributed by atoms with van der Waals surface area (Å²) in [5, 5.41) is 11.1. The van der Waals surface area contributed by atoms with Crippen molar-refractivity contribution in [3.63, 3.8) is 0 Å². The summed E-state index contributed by atoms with van der Waals surface area (Å²) in [4.78, 5) is 0. The Kier molecular flexibility index (Phi) is 4.76. The highest BCUT2D eigenvalue weighted by atomic mass is 35.5. The molecule has 0 fully saturated rings. The molecule has 2 atom stereocenters. The second-order valence-electron chi connectivity index (χ2n) is 4.85. The summed E-state index contributed by atoms with van der Waals surface area (Å²) in [6, 6.07) is 11.5. The topological polar surface area (TPSA) is 46.2 Å². The van der Waals surface area contributed by atoms with Crippen LogP contribution in [0.15, 0.2) is 42.5 Å². The Morgan fingerprint density at radius 2 is 1.95 bits per heavy atom. The van der Waals surface area contributed by atoms with Gasteiger partial charge in [0.15, 0.2) is 0 Å². The van der Waals surface area contributed by atoms with Crippen LogP contribution in [0.2, 0.25) is 5.02 Å². The van der Waals surface area contributed by atoms with Crippen LogP contribution >= 0.6 is 11.6 Å². The highest BCUT2D eigenvalue weighted by molar-refractivity contribution is 6.31. The number of aryl methyl sites for hydroxylation is 1. The number of hydrogen-bond acceptors (Lipinski definition) is 2. The van der Waals surface area contributed by atoms with Gasteiger partial charge in [0, 0.05) is 17.5 Å². The lowest BCUT2D eigenvalue weighted by Gasteiger charge is -2.23. The minimum absolute atomic E-state index is 0.228. The molecule has 2 aromatic rings. The molecule has 0 saturated carbocycles. The van der Waals surface area contributed by atoms with E-state index in [9.17, 15) is 9.50 Å². The summed E-state index contributed by atoms with van der Waals surface area (Å²) in [5.74, 6) is -0.688. The molecule has 0 bridgehead atoms. The minimum atomic E-state index is -0.794. The predicted molar refractivity (Wildman–Crippen MR) is 79.3 cm³/mol. The SMILES string of the molecule is Cc1cc(C(O)C(CN)c2cccc(F)c2)ccc1Cl. The van der Waals surface area contributed by atoms with E-state index in [2.05, 4.69) is 0 Å². The van der Waals surface area contributed by atoms with Crippen LogP contribution in [-0.2, 0) is 0 Å². The Balaban J connectivity index is 2.33. The first-order valence-electron chi connectivity index (χ1n) is 6.42. The van der Waals surface area contributed by atoms with E-state index < -0.39 is 6.10 Å². The van der Waals surface area contributed by atoms with Gasteiger partial charge in [0.1, 0.15) is 5.82 Å². The number of aliphatic hydroxyl groups is 1. The van der Waals surface area contributed by atoms with Crippen LogP contribution < -0.4 is 5.73 Å². The van der Waals surface area contributed by atoms with Gasteiger partial charge in [0.05, 0.1) is 6.10 Å². The number of halogens is 2. The van der Waals surface area contributed by atoms with Crippen LogP contribution in [0.1, 0.15) is 28.7 Å². The maximum absolute atomic E-state index is 13.3. The third kappa shape index (κ3) is 3.18. The number of rotatable bonds is 4. The summed E-state index contributed by atoms with van der Waals surface area (Å²) in [6.07, 6.45) is -0.794. The van der Waals surface area contributed by atoms with Gasteiger partial charge in [-0.1, -0.05) is 35.9 Å². The normalized spacial score (nSPS) is 14.1. The molecule has 2 rings (SSSR count). The van der Waals surface area contributed by atoms with Gasteiger partial charge in [-0.15, -0.1) is 0 Å². The van der Waals surface area contributed by atoms with Crippen LogP contribution in [-0.4, -0.2) is 11.7 Å². The van der Waals surface area contributed by atoms with Gasteiger partial charge in [0.2, 0.25) is 0 Å². The van der Waals surface area contributed by atoms with E-state index in [1.165, 1.54) is 12.1 Å². The first-order valence-corrected chi connectivity index (χ1v) is 6.80. The van der Waals surface area contributed by atoms with Gasteiger partial charge < -0.3 is 10.8 Å². The van der Waals surface area contributed by atoms with E-state index >= 15 is 0 Å². The molecule has 2 unspecified atom stereocenters. The van der Waals surface area contributed by atoms with Gasteiger partial charge in [0.25, 0.3) is 0 Å². The lowest BCUT2D eigenvalue weighted by atomic mass is 9.88. The van der Waals surface area contributed by atoms with Crippen LogP contribution in [0, 0.1) is 12.7 Å². The Hall–Kier alpha value is -1.42. The summed E-state index contributed by atoms with van der Waals surface area (Å²) >= 11 is 5.98. The quantitative estimate of drug-likeness (QED) is 0.905. The summed E-state index contributed by atoms with van der Waals surface area (Å²) in [6.45, 7) is 2.10. The molecule has 20 heavy (non-hydrogen) atoms. The molecule has 2 nitrogen and oxygen atoms in total. The van der Waals surface area contributed by atoms with Crippen molar-refractivity contribution in [2.75, 3.05) is 6.54 Å². The average molecular weight is 294 g/mol. The van der Waals surface area contributed by atoms with Crippen molar-refractivity contribution in [1.29, 1.82) is 0 Å². The average Bonchev–Trinajstić information content (AvgIpc) is 2.42. The minimum Gasteiger partial charge on any atom is -0.388 e. The third-order valence-corrected chi connectivity index (χ3v) is 3.86. The fourth-order valence-electron chi connectivity index (χ4n) is 2.27. The van der Waals surface area contributed by atoms with E-state index in [0.717, 1.165) is 11.1 Å². The third-order valence-electron chi connectivity index (χ3n) is 3.44. The highest BCUT2D eigenvalue weighted by Gasteiger charge is 2.22. The van der Waals surface area contributed by atoms with Crippen LogP contribution in [0.25, 0.3) is 0 Å². The molecule has 4 heteroatoms. The van der Waals surface area contributed by atoms with Crippen molar-refractivity contribution in [3.8, 4) is 0 Å². The first kappa shape index (κ1) is 15.0. The van der Waals surface area contributed by atoms with Crippen molar-refractivity contribution in [2.24, 2.45) is 5.73 Å². The largest absolute Gasteiger partial charge is 0.388 e. The van der Waals surface area contributed by atoms with Crippen molar-refractivity contribution < 1.29 is 9.50 Å². The maximum Gasteiger partial charge on any atom is 0.123 e. The fourth-order valence-corrected chi connectivity index (χ4v) is 2.39. The standard InChI is InChI=1S/C16H17ClFNO/c1-10-7-12(5-6-15(10)17)16(20)14(9-19)11-3-2-4-13(18)8-11/h2-8,14,16,20H,9,19H2,1H3. The zero-order chi connectivity index (χ0) is 14.7. The van der Waals surface area contributed by atoms with Gasteiger partial charge in [-0.2, -0.15) is 0 Å². The summed E-state index contributed by atoms with van der Waals surface area (Å²) in [5.41, 5.74) is 8.06. The van der Waals surface area contributed by atoms with Crippen molar-refractivity contribution in [2.45, 2.75) is 18.9 Å². The van der Waals surface area contributed by atoms with E-state index in [4.69, 9.17) is 17.3 Å². The predicted octanol–water partition coefficient (Wildman–Crippen LogP) is 3.56. The lowest BCUT2D eigenvalue weighted by Crippen LogP contribution is -2.20. The Morgan fingerprint density at radius 1 is 1.20 bits per heavy atom. The smallest absolute Gasteiger partial charge is 0.123 e. The molecule has 0 radical (unpaired) electrons. The van der Waals surface area contributed by atoms with E-state index in [1.54, 1.807) is 24.3 Å². The molecule has 0 spiro atoms. The molecule has 106 valence electrons. The Labute approximate surface area is 123 Å². The van der Waals surface area contributed by atoms with Crippen LogP contribution in [0.4, 0.5) is 4.39 Å². The molecule has 3 N–H and O–H groups in total. The van der Waals surface area contributed by atoms with E-state index in [-0.39, 0.29) is 18.3 Å². The summed E-state index contributed by atoms with van der Waals surface area (Å²) < 4.78 is 13.3. The number of aliphatic hydroxyl groups excluding tert-OH is 1. The number of benzene rings is 2. The van der Waals surface area contributed by atoms with Gasteiger partial charge in [-0.3, -0.25) is 0 Å². The lowest BCUT2D eigenvalue weighted by molar-refractivity contribution is 0.147. The van der Waals surface area contributed by atoms with Gasteiger partial charge in [-0.25, -0.2) is 4.39 Å². The maximum atomic E-state index is 13.3. The second kappa shape index (κ2) is 6.35. The van der Waals surface area contributed by atoms with E-state index in [1.807, 2.05) is 13.0 Å². The number of nitrogens with two attached hydrogens (primary N) is 1. The van der Waals surface area contributed by atoms with Crippen molar-refractivity contribution in [1.82, 2.24) is 0 Å². The Morgan fingerprint density at radius 3 is 2.55 bits per heavy atom. The Bertz CT molecular complexity index is 603. The van der Waals surface area contributed by atoms with Gasteiger partial charge >= 0.3 is 0 Å². The monoisotopic (exact) mass is 293 g/mol. The van der Waals surface area contributed by atoms with E-state index in [0.29, 0.717) is 10.6 Å². The van der Waals surface area contributed by atoms with Crippen LogP contribution in [0.3, 0.4) is 0 Å². The molecular weight excluding hydrogens is 277 g/mol. The second-order valence-corrected chi connectivity index (χ2v) is 5.26. The molecule has 0 amide bonds. The van der Waals surface area contributed by atoms with Crippen molar-refractivity contribution >= 4 is 11.6 Å². The zero-order valence-electron chi connectivity index (χ0n) is 11.2. The molecule has 0 aliphatic rings. The number of hydrogen-bond donors (Lipinski definition) is 2.